The molecule has 0 atom stereocenters. The first-order chi connectivity index (χ1) is 9.94. The normalized spacial score (nSPS) is 10.7. The van der Waals surface area contributed by atoms with Crippen molar-refractivity contribution >= 4 is 5.91 Å². The molecule has 7 heteroatoms. The van der Waals surface area contributed by atoms with Crippen LogP contribution in [0.3, 0.4) is 0 Å². The number of halogens is 3. The van der Waals surface area contributed by atoms with Crippen molar-refractivity contribution in [1.82, 2.24) is 10.3 Å². The zero-order chi connectivity index (χ0) is 15.7. The summed E-state index contributed by atoms with van der Waals surface area (Å²) in [6.45, 7) is -0.176. The summed E-state index contributed by atoms with van der Waals surface area (Å²) in [4.78, 5) is 15.7. The van der Waals surface area contributed by atoms with E-state index >= 15 is 0 Å². The van der Waals surface area contributed by atoms with Crippen molar-refractivity contribution in [3.63, 3.8) is 0 Å². The van der Waals surface area contributed by atoms with Crippen molar-refractivity contribution < 1.29 is 23.1 Å². The number of pyridine rings is 1. The van der Waals surface area contributed by atoms with Crippen molar-refractivity contribution in [3.05, 3.63) is 29.6 Å². The highest BCUT2D eigenvalue weighted by atomic mass is 19.4. The summed E-state index contributed by atoms with van der Waals surface area (Å²) in [6, 6.07) is 3.19. The van der Waals surface area contributed by atoms with Crippen LogP contribution in [-0.2, 0) is 0 Å². The molecule has 1 aromatic heterocycles. The molecule has 0 unspecified atom stereocenters. The summed E-state index contributed by atoms with van der Waals surface area (Å²) in [5.74, 6) is 4.80. The quantitative estimate of drug-likeness (QED) is 0.645. The first kappa shape index (κ1) is 17.0. The lowest BCUT2D eigenvalue weighted by Crippen LogP contribution is -2.27. The average molecular weight is 300 g/mol. The van der Waals surface area contributed by atoms with E-state index in [1.807, 2.05) is 0 Å². The van der Waals surface area contributed by atoms with E-state index in [4.69, 9.17) is 5.11 Å². The van der Waals surface area contributed by atoms with Crippen molar-refractivity contribution in [3.8, 4) is 11.8 Å². The number of alkyl halides is 3. The maximum Gasteiger partial charge on any atom is 0.389 e. The maximum absolute atomic E-state index is 12.0. The number of nitrogens with one attached hydrogen (secondary N) is 1. The van der Waals surface area contributed by atoms with Crippen LogP contribution in [0.25, 0.3) is 0 Å². The number of aliphatic hydroxyl groups excluding tert-OH is 1. The molecule has 1 heterocycles. The SMILES string of the molecule is O=C(NCCCC(F)(F)F)c1ncccc1C#CCCO. The molecule has 114 valence electrons. The number of amides is 1. The fourth-order valence-electron chi connectivity index (χ4n) is 1.48. The van der Waals surface area contributed by atoms with Gasteiger partial charge < -0.3 is 10.4 Å². The second-order valence-electron chi connectivity index (χ2n) is 4.15. The van der Waals surface area contributed by atoms with Gasteiger partial charge in [0.05, 0.1) is 12.2 Å². The van der Waals surface area contributed by atoms with Gasteiger partial charge in [0.2, 0.25) is 0 Å². The lowest BCUT2D eigenvalue weighted by atomic mass is 10.2. The minimum Gasteiger partial charge on any atom is -0.395 e. The summed E-state index contributed by atoms with van der Waals surface area (Å²) in [5.41, 5.74) is 0.439. The Morgan fingerprint density at radius 2 is 2.19 bits per heavy atom. The lowest BCUT2D eigenvalue weighted by molar-refractivity contribution is -0.135. The van der Waals surface area contributed by atoms with Crippen LogP contribution in [0.1, 0.15) is 35.3 Å². The number of carbonyl (C=O) groups excluding carboxylic acids is 1. The molecule has 0 radical (unpaired) electrons. The molecule has 0 saturated carbocycles. The van der Waals surface area contributed by atoms with Gasteiger partial charge in [-0.05, 0) is 18.6 Å². The Morgan fingerprint density at radius 3 is 2.86 bits per heavy atom. The van der Waals surface area contributed by atoms with Crippen molar-refractivity contribution in [2.24, 2.45) is 0 Å². The first-order valence-electron chi connectivity index (χ1n) is 6.34. The van der Waals surface area contributed by atoms with Gasteiger partial charge in [-0.15, -0.1) is 0 Å². The minimum absolute atomic E-state index is 0.0648. The Morgan fingerprint density at radius 1 is 1.43 bits per heavy atom. The smallest absolute Gasteiger partial charge is 0.389 e. The topological polar surface area (TPSA) is 62.2 Å². The number of aromatic nitrogens is 1. The first-order valence-corrected chi connectivity index (χ1v) is 6.34. The molecular formula is C14H15F3N2O2. The number of hydrogen-bond acceptors (Lipinski definition) is 3. The molecule has 0 saturated heterocycles. The second-order valence-corrected chi connectivity index (χ2v) is 4.15. The van der Waals surface area contributed by atoms with Gasteiger partial charge in [-0.2, -0.15) is 13.2 Å². The molecular weight excluding hydrogens is 285 g/mol. The lowest BCUT2D eigenvalue weighted by Gasteiger charge is -2.08. The van der Waals surface area contributed by atoms with Crippen LogP contribution in [0.5, 0.6) is 0 Å². The molecule has 21 heavy (non-hydrogen) atoms. The highest BCUT2D eigenvalue weighted by Gasteiger charge is 2.26. The molecule has 1 rings (SSSR count). The van der Waals surface area contributed by atoms with Gasteiger partial charge in [0.1, 0.15) is 5.69 Å². The third-order valence-electron chi connectivity index (χ3n) is 2.41. The highest BCUT2D eigenvalue weighted by molar-refractivity contribution is 5.94. The van der Waals surface area contributed by atoms with E-state index in [0.29, 0.717) is 5.56 Å². The van der Waals surface area contributed by atoms with Crippen LogP contribution in [0.15, 0.2) is 18.3 Å². The van der Waals surface area contributed by atoms with Crippen molar-refractivity contribution in [2.45, 2.75) is 25.4 Å². The van der Waals surface area contributed by atoms with Crippen LogP contribution >= 0.6 is 0 Å². The standard InChI is InChI=1S/C14H15F3N2O2/c15-14(16,17)7-4-9-19-13(21)12-11(5-1-2-10-20)6-3-8-18-12/h3,6,8,20H,2,4,7,9-10H2,(H,19,21). The predicted molar refractivity (Wildman–Crippen MR) is 70.4 cm³/mol. The molecule has 0 bridgehead atoms. The molecule has 0 aromatic carbocycles. The van der Waals surface area contributed by atoms with Crippen LogP contribution in [0.4, 0.5) is 13.2 Å². The van der Waals surface area contributed by atoms with Crippen LogP contribution in [0, 0.1) is 11.8 Å². The maximum atomic E-state index is 12.0. The van der Waals surface area contributed by atoms with E-state index in [2.05, 4.69) is 22.1 Å². The molecule has 1 aromatic rings. The Bertz CT molecular complexity index is 533. The Labute approximate surface area is 120 Å². The molecule has 2 N–H and O–H groups in total. The summed E-state index contributed by atoms with van der Waals surface area (Å²) in [5, 5.41) is 11.0. The van der Waals surface area contributed by atoms with E-state index in [-0.39, 0.29) is 31.7 Å². The minimum atomic E-state index is -4.23. The second kappa shape index (κ2) is 8.27. The molecule has 0 aliphatic carbocycles. The number of aliphatic hydroxyl groups is 1. The van der Waals surface area contributed by atoms with E-state index in [1.54, 1.807) is 12.1 Å². The van der Waals surface area contributed by atoms with Gasteiger partial charge in [0.25, 0.3) is 5.91 Å². The zero-order valence-electron chi connectivity index (χ0n) is 11.2. The van der Waals surface area contributed by atoms with Crippen LogP contribution in [-0.4, -0.2) is 35.3 Å². The largest absolute Gasteiger partial charge is 0.395 e. The van der Waals surface area contributed by atoms with Gasteiger partial charge in [-0.1, -0.05) is 11.8 Å². The van der Waals surface area contributed by atoms with Crippen molar-refractivity contribution in [2.75, 3.05) is 13.2 Å². The van der Waals surface area contributed by atoms with E-state index in [0.717, 1.165) is 0 Å². The van der Waals surface area contributed by atoms with Gasteiger partial charge in [0.15, 0.2) is 0 Å². The molecule has 0 fully saturated rings. The Kier molecular flexibility index (Phi) is 6.69. The third-order valence-corrected chi connectivity index (χ3v) is 2.41. The fraction of sp³-hybridized carbons (Fsp3) is 0.429. The van der Waals surface area contributed by atoms with E-state index in [9.17, 15) is 18.0 Å². The number of carbonyl (C=O) groups is 1. The van der Waals surface area contributed by atoms with Gasteiger partial charge in [0, 0.05) is 25.6 Å². The van der Waals surface area contributed by atoms with E-state index in [1.165, 1.54) is 6.20 Å². The molecule has 0 spiro atoms. The summed E-state index contributed by atoms with van der Waals surface area (Å²) < 4.78 is 35.9. The summed E-state index contributed by atoms with van der Waals surface area (Å²) in [6.07, 6.45) is -3.69. The molecule has 1 amide bonds. The molecule has 0 aliphatic rings. The Balaban J connectivity index is 2.60. The zero-order valence-corrected chi connectivity index (χ0v) is 11.2. The number of nitrogens with zero attached hydrogens (tertiary/aromatic N) is 1. The molecule has 0 aliphatic heterocycles. The monoisotopic (exact) mass is 300 g/mol. The molecule has 4 nitrogen and oxygen atoms in total. The fourth-order valence-corrected chi connectivity index (χ4v) is 1.48. The third kappa shape index (κ3) is 6.77. The highest BCUT2D eigenvalue weighted by Crippen LogP contribution is 2.20. The van der Waals surface area contributed by atoms with Gasteiger partial charge >= 0.3 is 6.18 Å². The van der Waals surface area contributed by atoms with Crippen molar-refractivity contribution in [1.29, 1.82) is 0 Å². The van der Waals surface area contributed by atoms with Gasteiger partial charge in [-0.3, -0.25) is 4.79 Å². The predicted octanol–water partition coefficient (Wildman–Crippen LogP) is 1.89. The van der Waals surface area contributed by atoms with Crippen LogP contribution < -0.4 is 5.32 Å². The number of rotatable bonds is 5. The summed E-state index contributed by atoms with van der Waals surface area (Å²) >= 11 is 0. The van der Waals surface area contributed by atoms with Gasteiger partial charge in [-0.25, -0.2) is 4.98 Å². The van der Waals surface area contributed by atoms with Crippen LogP contribution in [0.2, 0.25) is 0 Å². The summed E-state index contributed by atoms with van der Waals surface area (Å²) in [7, 11) is 0. The number of hydrogen-bond donors (Lipinski definition) is 2. The Hall–Kier alpha value is -2.07. The van der Waals surface area contributed by atoms with E-state index < -0.39 is 18.5 Å². The average Bonchev–Trinajstić information content (AvgIpc) is 2.43.